The molecule has 2 aliphatic rings. The number of hydrogen-bond donors (Lipinski definition) is 4. The highest BCUT2D eigenvalue weighted by Gasteiger charge is 2.57. The first-order chi connectivity index (χ1) is 23.9. The molecule has 0 aliphatic carbocycles. The minimum atomic E-state index is -1.37. The quantitative estimate of drug-likeness (QED) is 0.0481. The molecule has 2 aromatic rings. The number of carboxylic acids is 1. The van der Waals surface area contributed by atoms with E-state index in [0.717, 1.165) is 23.1 Å². The highest BCUT2D eigenvalue weighted by molar-refractivity contribution is 8.00. The Morgan fingerprint density at radius 1 is 1.18 bits per heavy atom. The van der Waals surface area contributed by atoms with Gasteiger partial charge in [0, 0.05) is 30.0 Å². The fraction of sp³-hybridized carbons (Fsp3) is 0.607. The molecule has 2 unspecified atom stereocenters. The monoisotopic (exact) mass is 770 g/mol. The number of rotatable bonds is 15. The number of tetrazole rings is 1. The lowest BCUT2D eigenvalue weighted by Crippen LogP contribution is -2.74. The zero-order valence-electron chi connectivity index (χ0n) is 28.5. The Balaban J connectivity index is 1.38. The average molecular weight is 771 g/mol. The van der Waals surface area contributed by atoms with Crippen LogP contribution in [-0.4, -0.2) is 131 Å². The van der Waals surface area contributed by atoms with Crippen LogP contribution in [0.4, 0.5) is 9.93 Å². The second-order valence-corrected chi connectivity index (χ2v) is 16.1. The summed E-state index contributed by atoms with van der Waals surface area (Å²) in [5.41, 5.74) is -3.16. The molecular weight excluding hydrogens is 733 g/mol. The molecule has 0 bridgehead atoms. The second-order valence-electron chi connectivity index (χ2n) is 13.2. The van der Waals surface area contributed by atoms with Crippen molar-refractivity contribution in [3.8, 4) is 0 Å². The largest absolute Gasteiger partial charge is 0.481 e. The third kappa shape index (κ3) is 10.5. The van der Waals surface area contributed by atoms with Crippen molar-refractivity contribution in [3.05, 3.63) is 11.1 Å². The molecule has 23 heteroatoms. The molecular formula is C28H38N10O10S3. The van der Waals surface area contributed by atoms with Gasteiger partial charge in [0.05, 0.1) is 6.54 Å². The van der Waals surface area contributed by atoms with Gasteiger partial charge in [-0.25, -0.2) is 19.3 Å². The number of esters is 1. The van der Waals surface area contributed by atoms with Gasteiger partial charge in [0.2, 0.25) is 24.1 Å². The van der Waals surface area contributed by atoms with Crippen LogP contribution in [0.5, 0.6) is 0 Å². The summed E-state index contributed by atoms with van der Waals surface area (Å²) in [6.07, 6.45) is -0.193. The number of oxime groups is 1. The van der Waals surface area contributed by atoms with Crippen molar-refractivity contribution in [2.45, 2.75) is 75.9 Å². The Hall–Kier alpha value is -4.51. The molecule has 2 aromatic heterocycles. The normalized spacial score (nSPS) is 20.4. The number of thioether (sulfide) groups is 2. The Labute approximate surface area is 304 Å². The number of nitrogens with zero attached hydrogens (tertiary/aromatic N) is 7. The van der Waals surface area contributed by atoms with Gasteiger partial charge < -0.3 is 40.3 Å². The summed E-state index contributed by atoms with van der Waals surface area (Å²) in [7, 11) is 0. The summed E-state index contributed by atoms with van der Waals surface area (Å²) in [5, 5.41) is 34.6. The summed E-state index contributed by atoms with van der Waals surface area (Å²) in [6.45, 7) is 9.86. The number of thiazole rings is 1. The van der Waals surface area contributed by atoms with Crippen LogP contribution in [0, 0.1) is 5.41 Å². The van der Waals surface area contributed by atoms with Gasteiger partial charge in [-0.1, -0.05) is 16.9 Å². The molecule has 20 nitrogen and oxygen atoms in total. The van der Waals surface area contributed by atoms with Crippen LogP contribution in [0.3, 0.4) is 0 Å². The van der Waals surface area contributed by atoms with Crippen LogP contribution >= 0.6 is 34.9 Å². The number of fused-ring (bicyclic) bond motifs is 1. The molecule has 2 fully saturated rings. The molecule has 4 heterocycles. The van der Waals surface area contributed by atoms with Crippen molar-refractivity contribution >= 4 is 82.0 Å². The van der Waals surface area contributed by atoms with Gasteiger partial charge in [0.15, 0.2) is 10.8 Å². The number of anilines is 1. The van der Waals surface area contributed by atoms with Gasteiger partial charge in [0.25, 0.3) is 5.91 Å². The number of carbonyl (C=O) groups is 6. The first-order valence-corrected chi connectivity index (χ1v) is 18.2. The maximum Gasteiger partial charge on any atom is 0.407 e. The van der Waals surface area contributed by atoms with Gasteiger partial charge in [-0.3, -0.25) is 19.2 Å². The van der Waals surface area contributed by atoms with Crippen molar-refractivity contribution in [2.24, 2.45) is 10.6 Å². The SMILES string of the molecule is CC(C)(C)OC(=O)CON=C(C(=O)NC1C(=O)N2CC(CSc3nnnn3CCNC(=O)OC(C)(C)C)(C(=O)O)CS[C@H]12)c1csc(NC=O)n1. The zero-order valence-corrected chi connectivity index (χ0v) is 31.0. The Bertz CT molecular complexity index is 1670. The number of alkyl carbamates (subject to hydrolysis) is 1. The molecule has 278 valence electrons. The van der Waals surface area contributed by atoms with Crippen LogP contribution in [0.15, 0.2) is 15.7 Å². The first kappa shape index (κ1) is 39.3. The number of nitrogens with one attached hydrogen (secondary N) is 3. The first-order valence-electron chi connectivity index (χ1n) is 15.3. The number of amides is 4. The van der Waals surface area contributed by atoms with Gasteiger partial charge in [-0.2, -0.15) is 0 Å². The number of ether oxygens (including phenoxy) is 2. The lowest BCUT2D eigenvalue weighted by molar-refractivity contribution is -0.160. The summed E-state index contributed by atoms with van der Waals surface area (Å²) >= 11 is 3.30. The number of hydrogen-bond acceptors (Lipinski definition) is 17. The summed E-state index contributed by atoms with van der Waals surface area (Å²) < 4.78 is 11.8. The topological polar surface area (TPSA) is 259 Å². The Kier molecular flexibility index (Phi) is 12.5. The Morgan fingerprint density at radius 3 is 2.57 bits per heavy atom. The van der Waals surface area contributed by atoms with E-state index in [4.69, 9.17) is 14.3 Å². The average Bonchev–Trinajstić information content (AvgIpc) is 3.68. The molecule has 0 saturated carbocycles. The van der Waals surface area contributed by atoms with Crippen molar-refractivity contribution in [1.29, 1.82) is 0 Å². The minimum Gasteiger partial charge on any atom is -0.481 e. The second kappa shape index (κ2) is 16.2. The number of β-lactam (4-membered cyclic amide) rings is 1. The molecule has 2 saturated heterocycles. The molecule has 4 rings (SSSR count). The molecule has 51 heavy (non-hydrogen) atoms. The van der Waals surface area contributed by atoms with Gasteiger partial charge in [0.1, 0.15) is 33.7 Å². The smallest absolute Gasteiger partial charge is 0.407 e. The van der Waals surface area contributed by atoms with Crippen LogP contribution in [0.1, 0.15) is 47.2 Å². The number of aliphatic carboxylic acids is 1. The molecule has 3 atom stereocenters. The van der Waals surface area contributed by atoms with Crippen molar-refractivity contribution in [2.75, 3.05) is 36.5 Å². The predicted molar refractivity (Wildman–Crippen MR) is 183 cm³/mol. The maximum absolute atomic E-state index is 13.4. The molecule has 2 aliphatic heterocycles. The van der Waals surface area contributed by atoms with E-state index >= 15 is 0 Å². The van der Waals surface area contributed by atoms with Crippen LogP contribution in [-0.2, 0) is 44.8 Å². The van der Waals surface area contributed by atoms with Crippen LogP contribution in [0.25, 0.3) is 0 Å². The number of carbonyl (C=O) groups excluding carboxylic acids is 5. The third-order valence-corrected chi connectivity index (χ3v) is 10.4. The van der Waals surface area contributed by atoms with E-state index in [0.29, 0.717) is 11.6 Å². The summed E-state index contributed by atoms with van der Waals surface area (Å²) in [5.74, 6) is -3.08. The summed E-state index contributed by atoms with van der Waals surface area (Å²) in [4.78, 5) is 84.8. The molecule has 4 amide bonds. The lowest BCUT2D eigenvalue weighted by atomic mass is 9.89. The fourth-order valence-electron chi connectivity index (χ4n) is 4.56. The van der Waals surface area contributed by atoms with E-state index in [1.165, 1.54) is 26.7 Å². The zero-order chi connectivity index (χ0) is 37.6. The molecule has 0 aromatic carbocycles. The molecule has 0 radical (unpaired) electrons. The van der Waals surface area contributed by atoms with Crippen molar-refractivity contribution in [3.63, 3.8) is 0 Å². The standard InChI is InChI=1S/C28H38N10O10S3/c1-26(2,3)47-16(40)9-46-34-17(15-10-49-23(31-15)30-14-39)19(41)32-18-20(42)37-11-28(22(43)44,12-50-21(18)37)13-51-24-33-35-36-38(24)8-7-29-25(45)48-27(4,5)6/h10,14,18,21H,7-9,11-13H2,1-6H3,(H,29,45)(H,32,41)(H,43,44)(H,30,31,39)/t18?,21-,28?/m1/s1. The van der Waals surface area contributed by atoms with Gasteiger partial charge in [-0.05, 0) is 52.0 Å². The van der Waals surface area contributed by atoms with Crippen molar-refractivity contribution in [1.82, 2.24) is 40.7 Å². The number of aromatic nitrogens is 5. The predicted octanol–water partition coefficient (Wildman–Crippen LogP) is 0.548. The highest BCUT2D eigenvalue weighted by atomic mass is 32.2. The van der Waals surface area contributed by atoms with E-state index in [9.17, 15) is 33.9 Å². The van der Waals surface area contributed by atoms with Crippen molar-refractivity contribution < 1.29 is 48.2 Å². The summed E-state index contributed by atoms with van der Waals surface area (Å²) in [6, 6.07) is -1.02. The highest BCUT2D eigenvalue weighted by Crippen LogP contribution is 2.44. The fourth-order valence-corrected chi connectivity index (χ4v) is 7.98. The third-order valence-electron chi connectivity index (χ3n) is 6.76. The van der Waals surface area contributed by atoms with E-state index in [-0.39, 0.29) is 47.7 Å². The van der Waals surface area contributed by atoms with E-state index in [2.05, 4.69) is 41.6 Å². The Morgan fingerprint density at radius 2 is 1.90 bits per heavy atom. The lowest BCUT2D eigenvalue weighted by Gasteiger charge is -2.53. The van der Waals surface area contributed by atoms with Crippen LogP contribution < -0.4 is 16.0 Å². The minimum absolute atomic E-state index is 0.0100. The van der Waals surface area contributed by atoms with Gasteiger partial charge in [-0.15, -0.1) is 28.2 Å². The molecule has 0 spiro atoms. The number of carboxylic acid groups (broad SMARTS) is 1. The van der Waals surface area contributed by atoms with E-state index in [1.807, 2.05) is 0 Å². The maximum atomic E-state index is 13.4. The van der Waals surface area contributed by atoms with E-state index < -0.39 is 64.5 Å². The molecule has 4 N–H and O–H groups in total. The van der Waals surface area contributed by atoms with E-state index in [1.54, 1.807) is 41.5 Å². The van der Waals surface area contributed by atoms with Crippen LogP contribution in [0.2, 0.25) is 0 Å². The van der Waals surface area contributed by atoms with Gasteiger partial charge >= 0.3 is 18.0 Å².